The molecule has 0 aromatic carbocycles. The monoisotopic (exact) mass is 256 g/mol. The van der Waals surface area contributed by atoms with Gasteiger partial charge in [-0.3, -0.25) is 9.48 Å². The molecule has 1 aliphatic heterocycles. The number of halogens is 1. The molecular weight excluding hydrogens is 240 g/mol. The average Bonchev–Trinajstić information content (AvgIpc) is 2.67. The Morgan fingerprint density at radius 2 is 2.47 bits per heavy atom. The van der Waals surface area contributed by atoms with Crippen molar-refractivity contribution < 1.29 is 9.53 Å². The fraction of sp³-hybridized carbons (Fsp3) is 0.667. The summed E-state index contributed by atoms with van der Waals surface area (Å²) in [6, 6.07) is 0. The second kappa shape index (κ2) is 5.65. The number of nitrogens with zero attached hydrogens (tertiary/aromatic N) is 2. The van der Waals surface area contributed by atoms with Crippen LogP contribution in [0, 0.1) is 0 Å². The van der Waals surface area contributed by atoms with Gasteiger partial charge in [0.25, 0.3) is 0 Å². The normalized spacial score (nSPS) is 20.5. The Bertz CT molecular complexity index is 378. The minimum atomic E-state index is 0.0455. The molecule has 0 spiro atoms. The van der Waals surface area contributed by atoms with Crippen LogP contribution in [0.3, 0.4) is 0 Å². The summed E-state index contributed by atoms with van der Waals surface area (Å²) in [6.45, 7) is 0.825. The second-order valence-electron chi connectivity index (χ2n) is 4.42. The van der Waals surface area contributed by atoms with E-state index in [1.165, 1.54) is 17.3 Å². The Morgan fingerprint density at radius 1 is 1.65 bits per heavy atom. The van der Waals surface area contributed by atoms with Crippen LogP contribution in [0.2, 0.25) is 5.02 Å². The fourth-order valence-corrected chi connectivity index (χ4v) is 2.44. The van der Waals surface area contributed by atoms with Crippen molar-refractivity contribution in [2.24, 2.45) is 7.05 Å². The summed E-state index contributed by atoms with van der Waals surface area (Å²) in [4.78, 5) is 12.0. The van der Waals surface area contributed by atoms with Crippen LogP contribution in [-0.2, 0) is 11.8 Å². The third kappa shape index (κ3) is 3.07. The van der Waals surface area contributed by atoms with E-state index in [0.717, 1.165) is 25.9 Å². The second-order valence-corrected chi connectivity index (χ2v) is 4.82. The molecule has 0 saturated carbocycles. The highest BCUT2D eigenvalue weighted by Crippen LogP contribution is 2.20. The van der Waals surface area contributed by atoms with Gasteiger partial charge in [0.2, 0.25) is 0 Å². The van der Waals surface area contributed by atoms with Crippen molar-refractivity contribution in [3.8, 4) is 0 Å². The topological polar surface area (TPSA) is 44.1 Å². The van der Waals surface area contributed by atoms with Crippen molar-refractivity contribution in [3.63, 3.8) is 0 Å². The Labute approximate surface area is 106 Å². The first kappa shape index (κ1) is 12.6. The van der Waals surface area contributed by atoms with Crippen molar-refractivity contribution in [1.29, 1.82) is 0 Å². The summed E-state index contributed by atoms with van der Waals surface area (Å²) >= 11 is 5.93. The number of aromatic nitrogens is 2. The molecule has 94 valence electrons. The van der Waals surface area contributed by atoms with Crippen LogP contribution < -0.4 is 0 Å². The van der Waals surface area contributed by atoms with Crippen molar-refractivity contribution in [2.75, 3.05) is 6.61 Å². The Balaban J connectivity index is 1.89. The molecule has 17 heavy (non-hydrogen) atoms. The van der Waals surface area contributed by atoms with E-state index in [1.54, 1.807) is 7.05 Å². The Kier molecular flexibility index (Phi) is 4.18. The molecule has 0 bridgehead atoms. The molecule has 0 N–H and O–H groups in total. The van der Waals surface area contributed by atoms with Gasteiger partial charge < -0.3 is 4.74 Å². The third-order valence-corrected chi connectivity index (χ3v) is 3.40. The van der Waals surface area contributed by atoms with Gasteiger partial charge in [-0.25, -0.2) is 0 Å². The van der Waals surface area contributed by atoms with E-state index in [0.29, 0.717) is 17.1 Å². The maximum Gasteiger partial charge on any atom is 0.182 e. The predicted octanol–water partition coefficient (Wildman–Crippen LogP) is 2.61. The predicted molar refractivity (Wildman–Crippen MR) is 65.4 cm³/mol. The number of aryl methyl sites for hydroxylation is 1. The molecule has 1 aromatic rings. The van der Waals surface area contributed by atoms with Gasteiger partial charge in [0.15, 0.2) is 5.78 Å². The first-order valence-electron chi connectivity index (χ1n) is 6.01. The molecule has 5 heteroatoms. The molecule has 1 saturated heterocycles. The highest BCUT2D eigenvalue weighted by Gasteiger charge is 2.19. The molecule has 0 amide bonds. The van der Waals surface area contributed by atoms with Gasteiger partial charge >= 0.3 is 0 Å². The maximum absolute atomic E-state index is 12.0. The molecular formula is C12H17ClN2O2. The van der Waals surface area contributed by atoms with Gasteiger partial charge in [0, 0.05) is 20.1 Å². The lowest BCUT2D eigenvalue weighted by molar-refractivity contribution is 0.0104. The quantitative estimate of drug-likeness (QED) is 0.778. The number of Topliss-reactive ketones (excluding diaryl/α,β-unsaturated/α-hetero) is 1. The number of carbonyl (C=O) groups is 1. The Morgan fingerprint density at radius 3 is 3.06 bits per heavy atom. The SMILES string of the molecule is Cn1ncc(Cl)c1C(=O)CCC1CCCCO1. The van der Waals surface area contributed by atoms with E-state index in [-0.39, 0.29) is 11.9 Å². The molecule has 1 aromatic heterocycles. The van der Waals surface area contributed by atoms with Gasteiger partial charge in [-0.15, -0.1) is 0 Å². The van der Waals surface area contributed by atoms with Crippen molar-refractivity contribution in [1.82, 2.24) is 9.78 Å². The van der Waals surface area contributed by atoms with E-state index in [2.05, 4.69) is 5.10 Å². The minimum absolute atomic E-state index is 0.0455. The zero-order chi connectivity index (χ0) is 12.3. The van der Waals surface area contributed by atoms with Crippen LogP contribution in [0.4, 0.5) is 0 Å². The molecule has 4 nitrogen and oxygen atoms in total. The summed E-state index contributed by atoms with van der Waals surface area (Å²) in [5.41, 5.74) is 0.502. The van der Waals surface area contributed by atoms with E-state index in [4.69, 9.17) is 16.3 Å². The summed E-state index contributed by atoms with van der Waals surface area (Å²) < 4.78 is 7.13. The third-order valence-electron chi connectivity index (χ3n) is 3.13. The van der Waals surface area contributed by atoms with E-state index >= 15 is 0 Å². The first-order valence-corrected chi connectivity index (χ1v) is 6.38. The summed E-state index contributed by atoms with van der Waals surface area (Å²) in [6.07, 6.45) is 6.39. The smallest absolute Gasteiger partial charge is 0.182 e. The van der Waals surface area contributed by atoms with E-state index in [1.807, 2.05) is 0 Å². The molecule has 0 radical (unpaired) electrons. The van der Waals surface area contributed by atoms with Gasteiger partial charge in [-0.05, 0) is 25.7 Å². The van der Waals surface area contributed by atoms with Crippen LogP contribution in [0.5, 0.6) is 0 Å². The van der Waals surface area contributed by atoms with E-state index < -0.39 is 0 Å². The lowest BCUT2D eigenvalue weighted by atomic mass is 10.0. The Hall–Kier alpha value is -0.870. The molecule has 1 unspecified atom stereocenters. The summed E-state index contributed by atoms with van der Waals surface area (Å²) in [5.74, 6) is 0.0455. The van der Waals surface area contributed by atoms with Crippen molar-refractivity contribution in [3.05, 3.63) is 16.9 Å². The zero-order valence-corrected chi connectivity index (χ0v) is 10.7. The van der Waals surface area contributed by atoms with E-state index in [9.17, 15) is 4.79 Å². The van der Waals surface area contributed by atoms with Crippen molar-refractivity contribution in [2.45, 2.75) is 38.2 Å². The van der Waals surface area contributed by atoms with Crippen molar-refractivity contribution >= 4 is 17.4 Å². The first-order chi connectivity index (χ1) is 8.18. The maximum atomic E-state index is 12.0. The number of hydrogen-bond donors (Lipinski definition) is 0. The molecule has 1 aliphatic rings. The number of carbonyl (C=O) groups excluding carboxylic acids is 1. The molecule has 2 rings (SSSR count). The standard InChI is InChI=1S/C12H17ClN2O2/c1-15-12(10(13)8-14-15)11(16)6-5-9-4-2-3-7-17-9/h8-9H,2-7H2,1H3. The largest absolute Gasteiger partial charge is 0.378 e. The number of ketones is 1. The van der Waals surface area contributed by atoms with Crippen LogP contribution in [-0.4, -0.2) is 28.3 Å². The van der Waals surface area contributed by atoms with Gasteiger partial charge in [0.05, 0.1) is 17.3 Å². The number of rotatable bonds is 4. The van der Waals surface area contributed by atoms with Crippen LogP contribution in [0.25, 0.3) is 0 Å². The molecule has 1 atom stereocenters. The number of hydrogen-bond acceptors (Lipinski definition) is 3. The minimum Gasteiger partial charge on any atom is -0.378 e. The molecule has 1 fully saturated rings. The molecule has 2 heterocycles. The number of ether oxygens (including phenoxy) is 1. The van der Waals surface area contributed by atoms with Gasteiger partial charge in [0.1, 0.15) is 5.69 Å². The summed E-state index contributed by atoms with van der Waals surface area (Å²) in [7, 11) is 1.73. The highest BCUT2D eigenvalue weighted by atomic mass is 35.5. The van der Waals surface area contributed by atoms with Gasteiger partial charge in [-0.1, -0.05) is 11.6 Å². The lowest BCUT2D eigenvalue weighted by Crippen LogP contribution is -2.20. The average molecular weight is 257 g/mol. The van der Waals surface area contributed by atoms with Crippen LogP contribution in [0.1, 0.15) is 42.6 Å². The fourth-order valence-electron chi connectivity index (χ4n) is 2.17. The zero-order valence-electron chi connectivity index (χ0n) is 9.99. The summed E-state index contributed by atoms with van der Waals surface area (Å²) in [5, 5.41) is 4.40. The van der Waals surface area contributed by atoms with Gasteiger partial charge in [-0.2, -0.15) is 5.10 Å². The van der Waals surface area contributed by atoms with Crippen LogP contribution >= 0.6 is 11.6 Å². The lowest BCUT2D eigenvalue weighted by Gasteiger charge is -2.22. The highest BCUT2D eigenvalue weighted by molar-refractivity contribution is 6.33. The van der Waals surface area contributed by atoms with Crippen LogP contribution in [0.15, 0.2) is 6.20 Å². The molecule has 0 aliphatic carbocycles.